The van der Waals surface area contributed by atoms with Gasteiger partial charge in [0.2, 0.25) is 0 Å². The van der Waals surface area contributed by atoms with Crippen LogP contribution in [-0.2, 0) is 11.3 Å². The lowest BCUT2D eigenvalue weighted by molar-refractivity contribution is -0.384. The fraction of sp³-hybridized carbons (Fsp3) is 0.222. The van der Waals surface area contributed by atoms with Gasteiger partial charge in [-0.2, -0.15) is 5.10 Å². The van der Waals surface area contributed by atoms with Crippen molar-refractivity contribution in [3.8, 4) is 0 Å². The van der Waals surface area contributed by atoms with Gasteiger partial charge in [-0.3, -0.25) is 10.1 Å². The summed E-state index contributed by atoms with van der Waals surface area (Å²) in [6, 6.07) is 5.14. The number of aromatic nitrogens is 2. The highest BCUT2D eigenvalue weighted by Gasteiger charge is 2.23. The molecular weight excluding hydrogens is 278 g/mol. The zero-order valence-corrected chi connectivity index (χ0v) is 9.97. The average molecular weight is 286 g/mol. The molecule has 0 bridgehead atoms. The maximum absolute atomic E-state index is 11.0. The predicted octanol–water partition coefficient (Wildman–Crippen LogP) is 2.15. The predicted molar refractivity (Wildman–Crippen MR) is 60.3 cm³/mol. The van der Waals surface area contributed by atoms with Crippen LogP contribution in [0, 0.1) is 10.1 Å². The standard InChI is InChI=1S/C9H8BrN3O3/c1-16-5-6-9(13(14)15)7-3-2-4-8(10)12(7)11-6/h2-4H,5H2,1H3. The van der Waals surface area contributed by atoms with E-state index < -0.39 is 4.92 Å². The minimum atomic E-state index is -0.441. The van der Waals surface area contributed by atoms with Gasteiger partial charge in [-0.05, 0) is 28.1 Å². The van der Waals surface area contributed by atoms with E-state index in [1.807, 2.05) is 0 Å². The Morgan fingerprint density at radius 3 is 3.00 bits per heavy atom. The van der Waals surface area contributed by atoms with Crippen LogP contribution >= 0.6 is 15.9 Å². The van der Waals surface area contributed by atoms with E-state index in [-0.39, 0.29) is 12.3 Å². The molecule has 2 aromatic rings. The van der Waals surface area contributed by atoms with Crippen molar-refractivity contribution >= 4 is 27.1 Å². The third-order valence-electron chi connectivity index (χ3n) is 2.12. The summed E-state index contributed by atoms with van der Waals surface area (Å²) in [7, 11) is 1.47. The summed E-state index contributed by atoms with van der Waals surface area (Å²) in [4.78, 5) is 10.5. The minimum absolute atomic E-state index is 0.0110. The lowest BCUT2D eigenvalue weighted by Crippen LogP contribution is -1.95. The first-order valence-corrected chi connectivity index (χ1v) is 5.24. The molecule has 6 nitrogen and oxygen atoms in total. The summed E-state index contributed by atoms with van der Waals surface area (Å²) < 4.78 is 7.03. The molecule has 0 aromatic carbocycles. The van der Waals surface area contributed by atoms with Crippen LogP contribution in [0.25, 0.3) is 5.52 Å². The Morgan fingerprint density at radius 1 is 1.62 bits per heavy atom. The van der Waals surface area contributed by atoms with Crippen molar-refractivity contribution in [1.82, 2.24) is 9.61 Å². The smallest absolute Gasteiger partial charge is 0.320 e. The second-order valence-electron chi connectivity index (χ2n) is 3.13. The van der Waals surface area contributed by atoms with E-state index in [2.05, 4.69) is 21.0 Å². The number of fused-ring (bicyclic) bond motifs is 1. The fourth-order valence-corrected chi connectivity index (χ4v) is 1.93. The minimum Gasteiger partial charge on any atom is -0.378 e. The summed E-state index contributed by atoms with van der Waals surface area (Å²) in [6.45, 7) is 0.116. The number of ether oxygens (including phenoxy) is 1. The molecule has 0 unspecified atom stereocenters. The Bertz CT molecular complexity index is 552. The lowest BCUT2D eigenvalue weighted by Gasteiger charge is -1.93. The molecule has 0 saturated carbocycles. The maximum Gasteiger partial charge on any atom is 0.320 e. The Labute approximate surface area is 99.1 Å². The molecule has 0 fully saturated rings. The van der Waals surface area contributed by atoms with E-state index in [4.69, 9.17) is 4.74 Å². The van der Waals surface area contributed by atoms with Gasteiger partial charge in [0.25, 0.3) is 0 Å². The van der Waals surface area contributed by atoms with Gasteiger partial charge >= 0.3 is 5.69 Å². The molecule has 2 aromatic heterocycles. The highest BCUT2D eigenvalue weighted by atomic mass is 79.9. The van der Waals surface area contributed by atoms with E-state index in [0.29, 0.717) is 15.8 Å². The lowest BCUT2D eigenvalue weighted by atomic mass is 10.3. The summed E-state index contributed by atoms with van der Waals surface area (Å²) in [6.07, 6.45) is 0. The van der Waals surface area contributed by atoms with Crippen molar-refractivity contribution in [2.75, 3.05) is 7.11 Å². The van der Waals surface area contributed by atoms with Crippen LogP contribution in [-0.4, -0.2) is 21.6 Å². The molecule has 0 amide bonds. The monoisotopic (exact) mass is 285 g/mol. The summed E-state index contributed by atoms with van der Waals surface area (Å²) in [5.74, 6) is 0. The molecule has 0 atom stereocenters. The highest BCUT2D eigenvalue weighted by Crippen LogP contribution is 2.27. The molecule has 0 aliphatic carbocycles. The highest BCUT2D eigenvalue weighted by molar-refractivity contribution is 9.10. The van der Waals surface area contributed by atoms with E-state index in [1.54, 1.807) is 18.2 Å². The van der Waals surface area contributed by atoms with Crippen LogP contribution in [0.15, 0.2) is 22.8 Å². The summed E-state index contributed by atoms with van der Waals surface area (Å²) in [5, 5.41) is 15.1. The van der Waals surface area contributed by atoms with E-state index >= 15 is 0 Å². The van der Waals surface area contributed by atoms with E-state index in [1.165, 1.54) is 11.6 Å². The van der Waals surface area contributed by atoms with Gasteiger partial charge in [-0.25, -0.2) is 4.52 Å². The van der Waals surface area contributed by atoms with Crippen molar-refractivity contribution < 1.29 is 9.66 Å². The number of hydrogen-bond acceptors (Lipinski definition) is 4. The molecule has 84 valence electrons. The molecule has 2 heterocycles. The van der Waals surface area contributed by atoms with Gasteiger partial charge in [0.15, 0.2) is 5.69 Å². The zero-order chi connectivity index (χ0) is 11.7. The van der Waals surface area contributed by atoms with Crippen LogP contribution in [0.3, 0.4) is 0 Å². The van der Waals surface area contributed by atoms with Gasteiger partial charge in [-0.15, -0.1) is 0 Å². The van der Waals surface area contributed by atoms with Crippen LogP contribution in [0.4, 0.5) is 5.69 Å². The number of rotatable bonds is 3. The first-order valence-electron chi connectivity index (χ1n) is 4.44. The molecule has 0 N–H and O–H groups in total. The third-order valence-corrected chi connectivity index (χ3v) is 2.72. The number of nitro groups is 1. The third kappa shape index (κ3) is 1.68. The quantitative estimate of drug-likeness (QED) is 0.492. The first kappa shape index (κ1) is 11.0. The topological polar surface area (TPSA) is 69.7 Å². The molecule has 2 rings (SSSR count). The van der Waals surface area contributed by atoms with Crippen LogP contribution in [0.1, 0.15) is 5.69 Å². The maximum atomic E-state index is 11.0. The van der Waals surface area contributed by atoms with Crippen LogP contribution in [0.2, 0.25) is 0 Å². The number of nitrogens with zero attached hydrogens (tertiary/aromatic N) is 3. The van der Waals surface area contributed by atoms with Crippen molar-refractivity contribution in [2.45, 2.75) is 6.61 Å². The first-order chi connectivity index (χ1) is 7.65. The van der Waals surface area contributed by atoms with Gasteiger partial charge < -0.3 is 4.74 Å². The van der Waals surface area contributed by atoms with Crippen molar-refractivity contribution in [1.29, 1.82) is 0 Å². The summed E-state index contributed by atoms with van der Waals surface area (Å²) in [5.41, 5.74) is 0.758. The number of hydrogen-bond donors (Lipinski definition) is 0. The molecule has 0 saturated heterocycles. The molecule has 0 spiro atoms. The molecule has 0 aliphatic heterocycles. The van der Waals surface area contributed by atoms with Crippen molar-refractivity contribution in [3.63, 3.8) is 0 Å². The SMILES string of the molecule is COCc1nn2c(Br)cccc2c1[N+](=O)[O-]. The van der Waals surface area contributed by atoms with Gasteiger partial charge in [0, 0.05) is 7.11 Å². The normalized spacial score (nSPS) is 10.9. The fourth-order valence-electron chi connectivity index (χ4n) is 1.50. The second-order valence-corrected chi connectivity index (χ2v) is 3.94. The number of methoxy groups -OCH3 is 1. The summed E-state index contributed by atoms with van der Waals surface area (Å²) >= 11 is 3.28. The molecule has 0 aliphatic rings. The number of halogens is 1. The van der Waals surface area contributed by atoms with Crippen molar-refractivity contribution in [2.24, 2.45) is 0 Å². The zero-order valence-electron chi connectivity index (χ0n) is 8.38. The largest absolute Gasteiger partial charge is 0.378 e. The molecule has 7 heteroatoms. The van der Waals surface area contributed by atoms with Crippen LogP contribution in [0.5, 0.6) is 0 Å². The van der Waals surface area contributed by atoms with Crippen LogP contribution < -0.4 is 0 Å². The number of pyridine rings is 1. The Hall–Kier alpha value is -1.47. The Morgan fingerprint density at radius 2 is 2.38 bits per heavy atom. The van der Waals surface area contributed by atoms with Crippen molar-refractivity contribution in [3.05, 3.63) is 38.6 Å². The second kappa shape index (κ2) is 4.18. The van der Waals surface area contributed by atoms with E-state index in [0.717, 1.165) is 0 Å². The Kier molecular flexibility index (Phi) is 2.88. The molecule has 16 heavy (non-hydrogen) atoms. The molecular formula is C9H8BrN3O3. The van der Waals surface area contributed by atoms with Gasteiger partial charge in [0.05, 0.1) is 11.5 Å². The van der Waals surface area contributed by atoms with E-state index in [9.17, 15) is 10.1 Å². The van der Waals surface area contributed by atoms with Gasteiger partial charge in [0.1, 0.15) is 10.1 Å². The van der Waals surface area contributed by atoms with Gasteiger partial charge in [-0.1, -0.05) is 6.07 Å². The average Bonchev–Trinajstić information content (AvgIpc) is 2.58. The Balaban J connectivity index is 2.75. The molecule has 0 radical (unpaired) electrons.